The first-order chi connectivity index (χ1) is 5.57. The molecule has 4 N–H and O–H groups in total. The number of rotatable bonds is 1. The summed E-state index contributed by atoms with van der Waals surface area (Å²) in [6.45, 7) is 0. The van der Waals surface area contributed by atoms with E-state index < -0.39 is 30.7 Å². The second-order valence-electron chi connectivity index (χ2n) is 2.72. The number of hydrogen-bond acceptors (Lipinski definition) is 6. The fourth-order valence-electron chi connectivity index (χ4n) is 1.08. The van der Waals surface area contributed by atoms with Crippen molar-refractivity contribution >= 4 is 12.6 Å². The molecule has 1 rings (SSSR count). The van der Waals surface area contributed by atoms with Gasteiger partial charge in [-0.05, 0) is 0 Å². The molecule has 1 unspecified atom stereocenters. The molecule has 1 saturated heterocycles. The summed E-state index contributed by atoms with van der Waals surface area (Å²) in [5.74, 6) is 0.169. The minimum atomic E-state index is -1.46. The van der Waals surface area contributed by atoms with E-state index in [-0.39, 0.29) is 5.75 Å². The zero-order valence-electron chi connectivity index (χ0n) is 6.24. The van der Waals surface area contributed by atoms with Crippen LogP contribution >= 0.6 is 12.6 Å². The Hall–Kier alpha value is 0.150. The van der Waals surface area contributed by atoms with Crippen LogP contribution in [0.4, 0.5) is 0 Å². The van der Waals surface area contributed by atoms with Gasteiger partial charge in [0.05, 0.1) is 6.10 Å². The lowest BCUT2D eigenvalue weighted by Gasteiger charge is -2.37. The third kappa shape index (κ3) is 1.73. The first kappa shape index (κ1) is 10.2. The van der Waals surface area contributed by atoms with Crippen LogP contribution in [0.1, 0.15) is 0 Å². The largest absolute Gasteiger partial charge is 0.388 e. The average molecular weight is 196 g/mol. The van der Waals surface area contributed by atoms with Crippen LogP contribution in [0.3, 0.4) is 0 Å². The quantitative estimate of drug-likeness (QED) is 0.305. The Labute approximate surface area is 75.0 Å². The van der Waals surface area contributed by atoms with E-state index in [1.54, 1.807) is 0 Å². The summed E-state index contributed by atoms with van der Waals surface area (Å²) >= 11 is 3.84. The van der Waals surface area contributed by atoms with Crippen molar-refractivity contribution in [1.29, 1.82) is 0 Å². The van der Waals surface area contributed by atoms with Gasteiger partial charge in [-0.2, -0.15) is 12.6 Å². The lowest BCUT2D eigenvalue weighted by atomic mass is 10.0. The molecule has 1 fully saturated rings. The van der Waals surface area contributed by atoms with E-state index in [1.165, 1.54) is 0 Å². The minimum Gasteiger partial charge on any atom is -0.388 e. The number of ether oxygens (including phenoxy) is 1. The first-order valence-corrected chi connectivity index (χ1v) is 4.19. The molecular formula is C6H12O5S. The van der Waals surface area contributed by atoms with Gasteiger partial charge in [-0.15, -0.1) is 0 Å². The second-order valence-corrected chi connectivity index (χ2v) is 3.08. The monoisotopic (exact) mass is 196 g/mol. The molecule has 0 spiro atoms. The maximum absolute atomic E-state index is 9.23. The maximum Gasteiger partial charge on any atom is 0.183 e. The molecule has 1 aliphatic heterocycles. The number of thiol groups is 1. The predicted molar refractivity (Wildman–Crippen MR) is 42.8 cm³/mol. The van der Waals surface area contributed by atoms with E-state index in [0.29, 0.717) is 0 Å². The predicted octanol–water partition coefficient (Wildman–Crippen LogP) is -2.28. The smallest absolute Gasteiger partial charge is 0.183 e. The third-order valence-corrected chi connectivity index (χ3v) is 2.23. The van der Waals surface area contributed by atoms with Crippen molar-refractivity contribution in [2.24, 2.45) is 0 Å². The lowest BCUT2D eigenvalue weighted by Crippen LogP contribution is -2.57. The fourth-order valence-corrected chi connectivity index (χ4v) is 1.38. The van der Waals surface area contributed by atoms with Crippen LogP contribution in [0.25, 0.3) is 0 Å². The minimum absolute atomic E-state index is 0.169. The highest BCUT2D eigenvalue weighted by Crippen LogP contribution is 2.20. The molecule has 0 amide bonds. The van der Waals surface area contributed by atoms with Crippen LogP contribution in [-0.4, -0.2) is 56.9 Å². The van der Waals surface area contributed by atoms with Crippen LogP contribution in [0.15, 0.2) is 0 Å². The molecule has 5 nitrogen and oxygen atoms in total. The SMILES string of the molecule is OC1O[C@@H](CS)[C@H](O)[C@H](O)[C@H]1O. The van der Waals surface area contributed by atoms with Gasteiger partial charge in [0.25, 0.3) is 0 Å². The van der Waals surface area contributed by atoms with Crippen molar-refractivity contribution in [2.45, 2.75) is 30.7 Å². The van der Waals surface area contributed by atoms with Gasteiger partial charge in [0.1, 0.15) is 18.3 Å². The maximum atomic E-state index is 9.23. The van der Waals surface area contributed by atoms with Crippen molar-refractivity contribution in [1.82, 2.24) is 0 Å². The Balaban J connectivity index is 2.63. The van der Waals surface area contributed by atoms with Crippen LogP contribution in [-0.2, 0) is 4.74 Å². The van der Waals surface area contributed by atoms with Crippen LogP contribution in [0.2, 0.25) is 0 Å². The summed E-state index contributed by atoms with van der Waals surface area (Å²) in [5.41, 5.74) is 0. The highest BCUT2D eigenvalue weighted by Gasteiger charge is 2.42. The summed E-state index contributed by atoms with van der Waals surface area (Å²) in [6.07, 6.45) is -6.26. The molecule has 0 radical (unpaired) electrons. The van der Waals surface area contributed by atoms with E-state index in [1.807, 2.05) is 0 Å². The van der Waals surface area contributed by atoms with Crippen molar-refractivity contribution in [3.8, 4) is 0 Å². The molecule has 5 atom stereocenters. The fraction of sp³-hybridized carbons (Fsp3) is 1.00. The molecule has 0 saturated carbocycles. The van der Waals surface area contributed by atoms with Gasteiger partial charge in [-0.1, -0.05) is 0 Å². The van der Waals surface area contributed by atoms with E-state index in [9.17, 15) is 5.11 Å². The Morgan fingerprint density at radius 2 is 1.58 bits per heavy atom. The van der Waals surface area contributed by atoms with Crippen LogP contribution in [0.5, 0.6) is 0 Å². The Bertz CT molecular complexity index is 150. The molecule has 0 bridgehead atoms. The van der Waals surface area contributed by atoms with Crippen LogP contribution < -0.4 is 0 Å². The molecule has 0 aromatic heterocycles. The normalized spacial score (nSPS) is 49.2. The average Bonchev–Trinajstić information content (AvgIpc) is 2.08. The Morgan fingerprint density at radius 3 is 2.08 bits per heavy atom. The zero-order chi connectivity index (χ0) is 9.30. The van der Waals surface area contributed by atoms with E-state index >= 15 is 0 Å². The molecule has 1 heterocycles. The third-order valence-electron chi connectivity index (χ3n) is 1.87. The Morgan fingerprint density at radius 1 is 1.00 bits per heavy atom. The highest BCUT2D eigenvalue weighted by atomic mass is 32.1. The lowest BCUT2D eigenvalue weighted by molar-refractivity contribution is -0.276. The van der Waals surface area contributed by atoms with E-state index in [2.05, 4.69) is 12.6 Å². The zero-order valence-corrected chi connectivity index (χ0v) is 7.13. The summed E-state index contributed by atoms with van der Waals surface area (Å²) < 4.78 is 4.75. The van der Waals surface area contributed by atoms with Gasteiger partial charge >= 0.3 is 0 Å². The number of aliphatic hydroxyl groups is 4. The van der Waals surface area contributed by atoms with Gasteiger partial charge in [-0.25, -0.2) is 0 Å². The molecular weight excluding hydrogens is 184 g/mol. The first-order valence-electron chi connectivity index (χ1n) is 3.56. The summed E-state index contributed by atoms with van der Waals surface area (Å²) in [7, 11) is 0. The molecule has 0 aliphatic carbocycles. The highest BCUT2D eigenvalue weighted by molar-refractivity contribution is 7.80. The molecule has 1 aliphatic rings. The van der Waals surface area contributed by atoms with Gasteiger partial charge in [0.15, 0.2) is 6.29 Å². The molecule has 72 valence electrons. The van der Waals surface area contributed by atoms with E-state index in [4.69, 9.17) is 20.1 Å². The van der Waals surface area contributed by atoms with Gasteiger partial charge < -0.3 is 25.2 Å². The van der Waals surface area contributed by atoms with Gasteiger partial charge in [-0.3, -0.25) is 0 Å². The summed E-state index contributed by atoms with van der Waals surface area (Å²) in [6, 6.07) is 0. The topological polar surface area (TPSA) is 90.2 Å². The van der Waals surface area contributed by atoms with Gasteiger partial charge in [0, 0.05) is 5.75 Å². The summed E-state index contributed by atoms with van der Waals surface area (Å²) in [4.78, 5) is 0. The van der Waals surface area contributed by atoms with Crippen molar-refractivity contribution in [3.05, 3.63) is 0 Å². The van der Waals surface area contributed by atoms with Crippen LogP contribution in [0, 0.1) is 0 Å². The van der Waals surface area contributed by atoms with E-state index in [0.717, 1.165) is 0 Å². The second kappa shape index (κ2) is 3.91. The molecule has 12 heavy (non-hydrogen) atoms. The molecule has 6 heteroatoms. The van der Waals surface area contributed by atoms with Crippen molar-refractivity contribution in [3.63, 3.8) is 0 Å². The Kier molecular flexibility index (Phi) is 3.33. The molecule has 0 aromatic carbocycles. The number of hydrogen-bond donors (Lipinski definition) is 5. The standard InChI is InChI=1S/C6H12O5S/c7-3-2(1-12)11-6(10)5(9)4(3)8/h2-10,12H,1H2/t2-,3-,4-,5+,6?/m0/s1. The van der Waals surface area contributed by atoms with Gasteiger partial charge in [0.2, 0.25) is 0 Å². The van der Waals surface area contributed by atoms with Crippen molar-refractivity contribution < 1.29 is 25.2 Å². The summed E-state index contributed by atoms with van der Waals surface area (Å²) in [5, 5.41) is 36.4. The molecule has 0 aromatic rings. The number of aliphatic hydroxyl groups excluding tert-OH is 4. The van der Waals surface area contributed by atoms with Crippen molar-refractivity contribution in [2.75, 3.05) is 5.75 Å².